The van der Waals surface area contributed by atoms with Crippen molar-refractivity contribution in [2.75, 3.05) is 23.7 Å². The SMILES string of the molecule is C[C@]1(O)CC(F)CN(c2nc(N)nc3[nH]ncc23)C1. The second-order valence-corrected chi connectivity index (χ2v) is 5.22. The third-order valence-electron chi connectivity index (χ3n) is 3.22. The summed E-state index contributed by atoms with van der Waals surface area (Å²) in [5.41, 5.74) is 5.05. The predicted octanol–water partition coefficient (Wildman–Crippen LogP) is 0.234. The minimum atomic E-state index is -1.11. The molecule has 3 rings (SSSR count). The van der Waals surface area contributed by atoms with Gasteiger partial charge >= 0.3 is 0 Å². The summed E-state index contributed by atoms with van der Waals surface area (Å²) in [5.74, 6) is 0.589. The van der Waals surface area contributed by atoms with Gasteiger partial charge in [0.25, 0.3) is 0 Å². The predicted molar refractivity (Wildman–Crippen MR) is 68.4 cm³/mol. The standard InChI is InChI=1S/C11H15FN6O/c1-11(19)2-6(12)4-18(5-11)9-7-3-14-17-8(7)15-10(13)16-9/h3,6,19H,2,4-5H2,1H3,(H3,13,14,15,16,17)/t6?,11-/m0/s1. The van der Waals surface area contributed by atoms with Crippen molar-refractivity contribution in [1.82, 2.24) is 20.2 Å². The highest BCUT2D eigenvalue weighted by molar-refractivity contribution is 5.87. The van der Waals surface area contributed by atoms with Crippen LogP contribution in [-0.2, 0) is 0 Å². The molecule has 0 spiro atoms. The topological polar surface area (TPSA) is 104 Å². The van der Waals surface area contributed by atoms with Crippen LogP contribution in [-0.4, -0.2) is 50.1 Å². The Hall–Kier alpha value is -1.96. The number of nitrogens with two attached hydrogens (primary N) is 1. The van der Waals surface area contributed by atoms with Gasteiger partial charge in [0.2, 0.25) is 5.95 Å². The van der Waals surface area contributed by atoms with E-state index >= 15 is 0 Å². The van der Waals surface area contributed by atoms with Crippen molar-refractivity contribution in [3.63, 3.8) is 0 Å². The van der Waals surface area contributed by atoms with Gasteiger partial charge in [-0.15, -0.1) is 0 Å². The van der Waals surface area contributed by atoms with E-state index in [1.54, 1.807) is 18.0 Å². The summed E-state index contributed by atoms with van der Waals surface area (Å²) in [5, 5.41) is 17.3. The maximum Gasteiger partial charge on any atom is 0.224 e. The largest absolute Gasteiger partial charge is 0.388 e. The van der Waals surface area contributed by atoms with Gasteiger partial charge in [0.15, 0.2) is 5.65 Å². The summed E-state index contributed by atoms with van der Waals surface area (Å²) < 4.78 is 13.7. The first-order chi connectivity index (χ1) is 8.94. The number of alkyl halides is 1. The lowest BCUT2D eigenvalue weighted by molar-refractivity contribution is 0.0165. The third kappa shape index (κ3) is 2.19. The lowest BCUT2D eigenvalue weighted by Crippen LogP contribution is -2.51. The Morgan fingerprint density at radius 3 is 3.11 bits per heavy atom. The molecule has 1 fully saturated rings. The minimum absolute atomic E-state index is 0.0902. The number of rotatable bonds is 1. The maximum atomic E-state index is 13.7. The molecule has 19 heavy (non-hydrogen) atoms. The van der Waals surface area contributed by atoms with Gasteiger partial charge in [0, 0.05) is 13.0 Å². The van der Waals surface area contributed by atoms with E-state index in [2.05, 4.69) is 20.2 Å². The fourth-order valence-electron chi connectivity index (χ4n) is 2.56. The fraction of sp³-hybridized carbons (Fsp3) is 0.545. The molecule has 0 radical (unpaired) electrons. The maximum absolute atomic E-state index is 13.7. The zero-order valence-corrected chi connectivity index (χ0v) is 10.5. The molecule has 0 amide bonds. The van der Waals surface area contributed by atoms with Crippen LogP contribution in [0.1, 0.15) is 13.3 Å². The second-order valence-electron chi connectivity index (χ2n) is 5.22. The number of nitrogens with one attached hydrogen (secondary N) is 1. The van der Waals surface area contributed by atoms with Crippen molar-refractivity contribution in [1.29, 1.82) is 0 Å². The van der Waals surface area contributed by atoms with Crippen molar-refractivity contribution in [2.24, 2.45) is 0 Å². The number of H-pyrrole nitrogens is 1. The van der Waals surface area contributed by atoms with E-state index in [0.717, 1.165) is 0 Å². The third-order valence-corrected chi connectivity index (χ3v) is 3.22. The summed E-state index contributed by atoms with van der Waals surface area (Å²) in [6.07, 6.45) is 0.584. The first-order valence-electron chi connectivity index (χ1n) is 6.03. The van der Waals surface area contributed by atoms with Crippen LogP contribution in [0.5, 0.6) is 0 Å². The van der Waals surface area contributed by atoms with Gasteiger partial charge in [-0.2, -0.15) is 15.1 Å². The number of aromatic nitrogens is 4. The summed E-state index contributed by atoms with van der Waals surface area (Å²) in [4.78, 5) is 9.85. The highest BCUT2D eigenvalue weighted by Crippen LogP contribution is 2.30. The first-order valence-corrected chi connectivity index (χ1v) is 6.03. The van der Waals surface area contributed by atoms with Gasteiger partial charge in [0.05, 0.1) is 23.7 Å². The number of hydrogen-bond acceptors (Lipinski definition) is 6. The molecule has 4 N–H and O–H groups in total. The number of nitrogens with zero attached hydrogens (tertiary/aromatic N) is 4. The number of aliphatic hydroxyl groups is 1. The Balaban J connectivity index is 2.06. The molecule has 1 aliphatic rings. The lowest BCUT2D eigenvalue weighted by Gasteiger charge is -2.39. The Labute approximate surface area is 108 Å². The van der Waals surface area contributed by atoms with Gasteiger partial charge in [0.1, 0.15) is 12.0 Å². The van der Waals surface area contributed by atoms with Gasteiger partial charge in [-0.25, -0.2) is 4.39 Å². The molecule has 8 heteroatoms. The zero-order chi connectivity index (χ0) is 13.6. The number of piperidine rings is 1. The monoisotopic (exact) mass is 266 g/mol. The van der Waals surface area contributed by atoms with Gasteiger partial charge in [-0.1, -0.05) is 0 Å². The molecule has 0 aromatic carbocycles. The Bertz CT molecular complexity index is 612. The summed E-state index contributed by atoms with van der Waals surface area (Å²) in [6, 6.07) is 0. The molecule has 0 saturated carbocycles. The molecule has 1 aliphatic heterocycles. The van der Waals surface area contributed by atoms with Crippen LogP contribution in [0.3, 0.4) is 0 Å². The van der Waals surface area contributed by atoms with Gasteiger partial charge in [-0.3, -0.25) is 5.10 Å². The number of fused-ring (bicyclic) bond motifs is 1. The van der Waals surface area contributed by atoms with E-state index in [1.807, 2.05) is 0 Å². The van der Waals surface area contributed by atoms with Gasteiger partial charge in [-0.05, 0) is 6.92 Å². The smallest absolute Gasteiger partial charge is 0.224 e. The Morgan fingerprint density at radius 1 is 1.58 bits per heavy atom. The quantitative estimate of drug-likeness (QED) is 0.682. The Kier molecular flexibility index (Phi) is 2.56. The van der Waals surface area contributed by atoms with Crippen molar-refractivity contribution >= 4 is 22.8 Å². The van der Waals surface area contributed by atoms with Crippen LogP contribution in [0.15, 0.2) is 6.20 Å². The minimum Gasteiger partial charge on any atom is -0.388 e. The molecule has 7 nitrogen and oxygen atoms in total. The molecule has 0 bridgehead atoms. The van der Waals surface area contributed by atoms with Crippen LogP contribution in [0, 0.1) is 0 Å². The van der Waals surface area contributed by atoms with Crippen molar-refractivity contribution in [2.45, 2.75) is 25.1 Å². The number of hydrogen-bond donors (Lipinski definition) is 3. The van der Waals surface area contributed by atoms with Crippen LogP contribution >= 0.6 is 0 Å². The molecular weight excluding hydrogens is 251 g/mol. The van der Waals surface area contributed by atoms with Crippen molar-refractivity contribution < 1.29 is 9.50 Å². The molecule has 2 atom stereocenters. The molecular formula is C11H15FN6O. The average molecular weight is 266 g/mol. The summed E-state index contributed by atoms with van der Waals surface area (Å²) in [6.45, 7) is 2.08. The van der Waals surface area contributed by atoms with Crippen LogP contribution in [0.25, 0.3) is 11.0 Å². The van der Waals surface area contributed by atoms with E-state index in [4.69, 9.17) is 5.73 Å². The molecule has 1 saturated heterocycles. The molecule has 102 valence electrons. The van der Waals surface area contributed by atoms with Crippen molar-refractivity contribution in [3.8, 4) is 0 Å². The second kappa shape index (κ2) is 4.02. The summed E-state index contributed by atoms with van der Waals surface area (Å²) >= 11 is 0. The van der Waals surface area contributed by atoms with E-state index in [0.29, 0.717) is 23.4 Å². The zero-order valence-electron chi connectivity index (χ0n) is 10.5. The number of nitrogen functional groups attached to an aromatic ring is 1. The normalized spacial score (nSPS) is 27.9. The first kappa shape index (κ1) is 12.1. The van der Waals surface area contributed by atoms with Crippen LogP contribution in [0.2, 0.25) is 0 Å². The van der Waals surface area contributed by atoms with Crippen molar-refractivity contribution in [3.05, 3.63) is 6.20 Å². The van der Waals surface area contributed by atoms with Gasteiger partial charge < -0.3 is 15.7 Å². The number of anilines is 2. The summed E-state index contributed by atoms with van der Waals surface area (Å²) in [7, 11) is 0. The fourth-order valence-corrected chi connectivity index (χ4v) is 2.56. The van der Waals surface area contributed by atoms with E-state index in [-0.39, 0.29) is 18.9 Å². The van der Waals surface area contributed by atoms with E-state index in [1.165, 1.54) is 0 Å². The lowest BCUT2D eigenvalue weighted by atomic mass is 9.94. The average Bonchev–Trinajstić information content (AvgIpc) is 2.72. The number of aromatic amines is 1. The molecule has 1 unspecified atom stereocenters. The van der Waals surface area contributed by atoms with E-state index in [9.17, 15) is 9.50 Å². The number of β-amino-alcohol motifs (C(OH)–C–C–N with tert-alkyl or cyclic N) is 1. The molecule has 2 aromatic rings. The van der Waals surface area contributed by atoms with Crippen LogP contribution in [0.4, 0.5) is 16.2 Å². The molecule has 2 aromatic heterocycles. The Morgan fingerprint density at radius 2 is 2.37 bits per heavy atom. The highest BCUT2D eigenvalue weighted by atomic mass is 19.1. The van der Waals surface area contributed by atoms with E-state index < -0.39 is 11.8 Å². The number of halogens is 1. The molecule has 0 aliphatic carbocycles. The highest BCUT2D eigenvalue weighted by Gasteiger charge is 2.36. The molecule has 3 heterocycles. The van der Waals surface area contributed by atoms with Crippen LogP contribution < -0.4 is 10.6 Å².